The van der Waals surface area contributed by atoms with E-state index in [4.69, 9.17) is 16.2 Å². The molecule has 1 heterocycles. The molecule has 0 saturated carbocycles. The van der Waals surface area contributed by atoms with Gasteiger partial charge >= 0.3 is 0 Å². The Kier molecular flexibility index (Phi) is 7.68. The average Bonchev–Trinajstić information content (AvgIpc) is 1.90. The van der Waals surface area contributed by atoms with Crippen LogP contribution in [0.5, 0.6) is 0 Å². The molecule has 0 aromatic rings. The largest absolute Gasteiger partial charge is 0.381 e. The summed E-state index contributed by atoms with van der Waals surface area (Å²) in [4.78, 5) is 0. The summed E-state index contributed by atoms with van der Waals surface area (Å²) in [5.41, 5.74) is 11.2. The predicted molar refractivity (Wildman–Crippen MR) is 50.5 cm³/mol. The first-order valence-corrected chi connectivity index (χ1v) is 3.33. The van der Waals surface area contributed by atoms with Crippen LogP contribution in [0.25, 0.3) is 0 Å². The lowest BCUT2D eigenvalue weighted by atomic mass is 9.92. The van der Waals surface area contributed by atoms with Gasteiger partial charge in [-0.2, -0.15) is 0 Å². The topological polar surface area (TPSA) is 61.3 Å². The molecule has 0 aliphatic carbocycles. The van der Waals surface area contributed by atoms with E-state index in [0.717, 1.165) is 26.1 Å². The van der Waals surface area contributed by atoms with Crippen molar-refractivity contribution in [3.63, 3.8) is 0 Å². The zero-order chi connectivity index (χ0) is 6.74. The maximum Gasteiger partial charge on any atom is 0.0484 e. The molecule has 0 unspecified atom stereocenters. The van der Waals surface area contributed by atoms with Crippen molar-refractivity contribution in [3.8, 4) is 0 Å². The molecule has 70 valence electrons. The van der Waals surface area contributed by atoms with Gasteiger partial charge in [-0.15, -0.1) is 24.8 Å². The molecule has 1 saturated heterocycles. The monoisotopic (exact) mass is 202 g/mol. The van der Waals surface area contributed by atoms with Crippen LogP contribution < -0.4 is 11.5 Å². The van der Waals surface area contributed by atoms with Crippen molar-refractivity contribution in [2.45, 2.75) is 18.4 Å². The Morgan fingerprint density at radius 1 is 1.18 bits per heavy atom. The minimum atomic E-state index is -0.127. The highest BCUT2D eigenvalue weighted by molar-refractivity contribution is 5.85. The first kappa shape index (κ1) is 14.0. The third-order valence-corrected chi connectivity index (χ3v) is 1.90. The second-order valence-corrected chi connectivity index (χ2v) is 2.68. The molecule has 0 bridgehead atoms. The normalized spacial score (nSPS) is 21.3. The zero-order valence-electron chi connectivity index (χ0n) is 6.41. The maximum absolute atomic E-state index is 5.85. The van der Waals surface area contributed by atoms with E-state index in [1.165, 1.54) is 0 Å². The zero-order valence-corrected chi connectivity index (χ0v) is 8.05. The van der Waals surface area contributed by atoms with Gasteiger partial charge < -0.3 is 16.2 Å². The fraction of sp³-hybridized carbons (Fsp3) is 1.00. The highest BCUT2D eigenvalue weighted by Crippen LogP contribution is 2.15. The lowest BCUT2D eigenvalue weighted by molar-refractivity contribution is 0.0561. The molecule has 0 aromatic carbocycles. The van der Waals surface area contributed by atoms with E-state index in [-0.39, 0.29) is 30.4 Å². The molecule has 1 aliphatic rings. The SMILES string of the molecule is Cl.Cl.NCC1(N)CCOCC1. The van der Waals surface area contributed by atoms with E-state index in [1.807, 2.05) is 0 Å². The van der Waals surface area contributed by atoms with Crippen molar-refractivity contribution in [1.29, 1.82) is 0 Å². The van der Waals surface area contributed by atoms with Crippen LogP contribution in [0.1, 0.15) is 12.8 Å². The first-order chi connectivity index (χ1) is 4.27. The highest BCUT2D eigenvalue weighted by atomic mass is 35.5. The van der Waals surface area contributed by atoms with E-state index < -0.39 is 0 Å². The second kappa shape index (κ2) is 6.03. The number of hydrogen-bond acceptors (Lipinski definition) is 3. The number of nitrogens with two attached hydrogens (primary N) is 2. The van der Waals surface area contributed by atoms with Gasteiger partial charge in [0.1, 0.15) is 0 Å². The van der Waals surface area contributed by atoms with Crippen molar-refractivity contribution < 1.29 is 4.74 Å². The first-order valence-electron chi connectivity index (χ1n) is 3.33. The highest BCUT2D eigenvalue weighted by Gasteiger charge is 2.25. The lowest BCUT2D eigenvalue weighted by Gasteiger charge is -2.31. The molecule has 3 nitrogen and oxygen atoms in total. The van der Waals surface area contributed by atoms with Gasteiger partial charge in [0.25, 0.3) is 0 Å². The van der Waals surface area contributed by atoms with Crippen molar-refractivity contribution in [2.75, 3.05) is 19.8 Å². The minimum absolute atomic E-state index is 0. The van der Waals surface area contributed by atoms with Gasteiger partial charge in [-0.1, -0.05) is 0 Å². The van der Waals surface area contributed by atoms with Crippen LogP contribution in [0.2, 0.25) is 0 Å². The molecule has 0 radical (unpaired) electrons. The Morgan fingerprint density at radius 3 is 1.91 bits per heavy atom. The van der Waals surface area contributed by atoms with Crippen LogP contribution in [0.15, 0.2) is 0 Å². The Bertz CT molecular complexity index is 96.6. The van der Waals surface area contributed by atoms with Crippen molar-refractivity contribution >= 4 is 24.8 Å². The molecule has 1 fully saturated rings. The third kappa shape index (κ3) is 4.13. The summed E-state index contributed by atoms with van der Waals surface area (Å²) in [5, 5.41) is 0. The molecule has 5 heteroatoms. The van der Waals surface area contributed by atoms with Crippen LogP contribution in [0, 0.1) is 0 Å². The fourth-order valence-electron chi connectivity index (χ4n) is 0.982. The van der Waals surface area contributed by atoms with Crippen LogP contribution in [0.3, 0.4) is 0 Å². The molecular formula is C6H16Cl2N2O. The van der Waals surface area contributed by atoms with Crippen LogP contribution in [-0.2, 0) is 4.74 Å². The second-order valence-electron chi connectivity index (χ2n) is 2.68. The summed E-state index contributed by atoms with van der Waals surface area (Å²) in [5.74, 6) is 0. The summed E-state index contributed by atoms with van der Waals surface area (Å²) in [7, 11) is 0. The van der Waals surface area contributed by atoms with Crippen LogP contribution in [0.4, 0.5) is 0 Å². The Morgan fingerprint density at radius 2 is 1.64 bits per heavy atom. The number of halogens is 2. The summed E-state index contributed by atoms with van der Waals surface area (Å²) in [6.07, 6.45) is 1.81. The minimum Gasteiger partial charge on any atom is -0.381 e. The smallest absolute Gasteiger partial charge is 0.0484 e. The van der Waals surface area contributed by atoms with Gasteiger partial charge in [-0.3, -0.25) is 0 Å². The molecule has 11 heavy (non-hydrogen) atoms. The van der Waals surface area contributed by atoms with E-state index in [2.05, 4.69) is 0 Å². The van der Waals surface area contributed by atoms with E-state index in [9.17, 15) is 0 Å². The molecule has 0 spiro atoms. The Labute approximate surface area is 79.7 Å². The quantitative estimate of drug-likeness (QED) is 0.644. The van der Waals surface area contributed by atoms with E-state index >= 15 is 0 Å². The summed E-state index contributed by atoms with van der Waals surface area (Å²) >= 11 is 0. The molecule has 1 rings (SSSR count). The predicted octanol–water partition coefficient (Wildman–Crippen LogP) is 0.297. The van der Waals surface area contributed by atoms with Gasteiger partial charge in [0.05, 0.1) is 0 Å². The third-order valence-electron chi connectivity index (χ3n) is 1.90. The molecule has 0 aromatic heterocycles. The average molecular weight is 203 g/mol. The molecule has 0 atom stereocenters. The lowest BCUT2D eigenvalue weighted by Crippen LogP contribution is -2.50. The maximum atomic E-state index is 5.85. The Hall–Kier alpha value is 0.460. The van der Waals surface area contributed by atoms with Gasteiger partial charge in [0.15, 0.2) is 0 Å². The fourth-order valence-corrected chi connectivity index (χ4v) is 0.982. The molecular weight excluding hydrogens is 187 g/mol. The molecule has 0 amide bonds. The van der Waals surface area contributed by atoms with Gasteiger partial charge in [0, 0.05) is 25.3 Å². The number of ether oxygens (including phenoxy) is 1. The summed E-state index contributed by atoms with van der Waals surface area (Å²) in [6.45, 7) is 2.12. The standard InChI is InChI=1S/C6H14N2O.2ClH/c7-5-6(8)1-3-9-4-2-6;;/h1-5,7-8H2;2*1H. The van der Waals surface area contributed by atoms with E-state index in [1.54, 1.807) is 0 Å². The molecule has 4 N–H and O–H groups in total. The van der Waals surface area contributed by atoms with Gasteiger partial charge in [-0.25, -0.2) is 0 Å². The van der Waals surface area contributed by atoms with Crippen molar-refractivity contribution in [2.24, 2.45) is 11.5 Å². The van der Waals surface area contributed by atoms with Gasteiger partial charge in [0.2, 0.25) is 0 Å². The number of rotatable bonds is 1. The number of hydrogen-bond donors (Lipinski definition) is 2. The van der Waals surface area contributed by atoms with Crippen molar-refractivity contribution in [3.05, 3.63) is 0 Å². The van der Waals surface area contributed by atoms with Crippen molar-refractivity contribution in [1.82, 2.24) is 0 Å². The summed E-state index contributed by atoms with van der Waals surface area (Å²) in [6, 6.07) is 0. The van der Waals surface area contributed by atoms with Gasteiger partial charge in [-0.05, 0) is 12.8 Å². The summed E-state index contributed by atoms with van der Waals surface area (Å²) < 4.78 is 5.13. The van der Waals surface area contributed by atoms with Crippen LogP contribution >= 0.6 is 24.8 Å². The van der Waals surface area contributed by atoms with E-state index in [0.29, 0.717) is 6.54 Å². The van der Waals surface area contributed by atoms with Crippen LogP contribution in [-0.4, -0.2) is 25.3 Å². The molecule has 1 aliphatic heterocycles. The Balaban J connectivity index is 0.